The molecule has 3 aromatic rings. The van der Waals surface area contributed by atoms with Crippen molar-refractivity contribution in [3.8, 4) is 0 Å². The van der Waals surface area contributed by atoms with Gasteiger partial charge in [-0.2, -0.15) is 0 Å². The Morgan fingerprint density at radius 3 is 2.74 bits per heavy atom. The van der Waals surface area contributed by atoms with Crippen molar-refractivity contribution >= 4 is 16.7 Å². The van der Waals surface area contributed by atoms with E-state index >= 15 is 0 Å². The van der Waals surface area contributed by atoms with Gasteiger partial charge in [0.2, 0.25) is 5.78 Å². The van der Waals surface area contributed by atoms with E-state index in [1.807, 2.05) is 25.1 Å². The van der Waals surface area contributed by atoms with Gasteiger partial charge in [0.25, 0.3) is 0 Å². The summed E-state index contributed by atoms with van der Waals surface area (Å²) in [5, 5.41) is 1.01. The van der Waals surface area contributed by atoms with E-state index in [9.17, 15) is 4.79 Å². The van der Waals surface area contributed by atoms with Gasteiger partial charge in [0.1, 0.15) is 5.69 Å². The minimum Gasteiger partial charge on any atom is -0.287 e. The highest BCUT2D eigenvalue weighted by Gasteiger charge is 2.11. The molecule has 0 atom stereocenters. The Morgan fingerprint density at radius 2 is 1.95 bits per heavy atom. The molecular weight excluding hydrogens is 238 g/mol. The highest BCUT2D eigenvalue weighted by Crippen LogP contribution is 2.15. The van der Waals surface area contributed by atoms with Gasteiger partial charge in [0.05, 0.1) is 17.4 Å². The van der Waals surface area contributed by atoms with E-state index in [0.717, 1.165) is 16.6 Å². The van der Waals surface area contributed by atoms with E-state index in [4.69, 9.17) is 0 Å². The molecule has 0 aliphatic rings. The molecule has 0 unspecified atom stereocenters. The van der Waals surface area contributed by atoms with Crippen LogP contribution in [-0.4, -0.2) is 20.7 Å². The summed E-state index contributed by atoms with van der Waals surface area (Å²) in [4.78, 5) is 24.7. The lowest BCUT2D eigenvalue weighted by atomic mass is 10.1. The first-order valence-electron chi connectivity index (χ1n) is 5.92. The van der Waals surface area contributed by atoms with Crippen molar-refractivity contribution in [1.29, 1.82) is 0 Å². The molecule has 0 radical (unpaired) electrons. The van der Waals surface area contributed by atoms with Gasteiger partial charge in [0, 0.05) is 23.3 Å². The van der Waals surface area contributed by atoms with Crippen LogP contribution in [0, 0.1) is 6.92 Å². The molecule has 4 nitrogen and oxygen atoms in total. The Morgan fingerprint density at radius 1 is 1.05 bits per heavy atom. The Hall–Kier alpha value is -2.62. The number of carbonyl (C=O) groups excluding carboxylic acids is 1. The van der Waals surface area contributed by atoms with Crippen molar-refractivity contribution in [1.82, 2.24) is 15.0 Å². The van der Waals surface area contributed by atoms with E-state index < -0.39 is 0 Å². The highest BCUT2D eigenvalue weighted by atomic mass is 16.1. The van der Waals surface area contributed by atoms with Crippen molar-refractivity contribution in [2.24, 2.45) is 0 Å². The number of hydrogen-bond acceptors (Lipinski definition) is 4. The summed E-state index contributed by atoms with van der Waals surface area (Å²) in [6.07, 6.45) is 4.80. The smallest absolute Gasteiger partial charge is 0.213 e. The van der Waals surface area contributed by atoms with Crippen LogP contribution in [0.3, 0.4) is 0 Å². The van der Waals surface area contributed by atoms with Crippen LogP contribution in [0.15, 0.2) is 48.9 Å². The lowest BCUT2D eigenvalue weighted by Gasteiger charge is -2.02. The molecule has 2 heterocycles. The van der Waals surface area contributed by atoms with Crippen molar-refractivity contribution in [3.05, 3.63) is 65.9 Å². The fourth-order valence-corrected chi connectivity index (χ4v) is 1.87. The lowest BCUT2D eigenvalue weighted by Crippen LogP contribution is -2.05. The van der Waals surface area contributed by atoms with E-state index in [1.54, 1.807) is 24.5 Å². The quantitative estimate of drug-likeness (QED) is 0.655. The zero-order valence-electron chi connectivity index (χ0n) is 10.4. The van der Waals surface area contributed by atoms with Crippen LogP contribution >= 0.6 is 0 Å². The van der Waals surface area contributed by atoms with E-state index in [2.05, 4.69) is 15.0 Å². The second-order valence-electron chi connectivity index (χ2n) is 4.28. The zero-order valence-corrected chi connectivity index (χ0v) is 10.4. The number of aryl methyl sites for hydroxylation is 1. The van der Waals surface area contributed by atoms with Gasteiger partial charge in [-0.3, -0.25) is 14.8 Å². The van der Waals surface area contributed by atoms with Gasteiger partial charge < -0.3 is 0 Å². The fourth-order valence-electron chi connectivity index (χ4n) is 1.87. The summed E-state index contributed by atoms with van der Waals surface area (Å²) >= 11 is 0. The summed E-state index contributed by atoms with van der Waals surface area (Å²) < 4.78 is 0. The summed E-state index contributed by atoms with van der Waals surface area (Å²) in [5.41, 5.74) is 2.51. The Kier molecular flexibility index (Phi) is 2.76. The van der Waals surface area contributed by atoms with Crippen molar-refractivity contribution < 1.29 is 4.79 Å². The monoisotopic (exact) mass is 249 g/mol. The first-order valence-corrected chi connectivity index (χ1v) is 5.92. The normalized spacial score (nSPS) is 10.6. The average molecular weight is 249 g/mol. The van der Waals surface area contributed by atoms with Gasteiger partial charge in [-0.15, -0.1) is 0 Å². The first kappa shape index (κ1) is 11.5. The summed E-state index contributed by atoms with van der Waals surface area (Å²) in [6.45, 7) is 1.83. The van der Waals surface area contributed by atoms with Crippen LogP contribution in [0.1, 0.15) is 21.7 Å². The van der Waals surface area contributed by atoms with Crippen molar-refractivity contribution in [3.63, 3.8) is 0 Å². The minimum absolute atomic E-state index is 0.139. The second-order valence-corrected chi connectivity index (χ2v) is 4.28. The van der Waals surface area contributed by atoms with E-state index in [1.165, 1.54) is 6.20 Å². The number of pyridine rings is 1. The molecule has 92 valence electrons. The Bertz CT molecular complexity index is 751. The van der Waals surface area contributed by atoms with Crippen LogP contribution in [0.25, 0.3) is 10.9 Å². The number of hydrogen-bond donors (Lipinski definition) is 0. The summed E-state index contributed by atoms with van der Waals surface area (Å²) in [5.74, 6) is -0.139. The number of ketones is 1. The number of benzene rings is 1. The van der Waals surface area contributed by atoms with E-state index in [-0.39, 0.29) is 5.78 Å². The predicted octanol–water partition coefficient (Wildman–Crippen LogP) is 2.56. The van der Waals surface area contributed by atoms with Gasteiger partial charge in [0.15, 0.2) is 0 Å². The molecule has 0 bridgehead atoms. The summed E-state index contributed by atoms with van der Waals surface area (Å²) in [7, 11) is 0. The van der Waals surface area contributed by atoms with Crippen molar-refractivity contribution in [2.45, 2.75) is 6.92 Å². The average Bonchev–Trinajstić information content (AvgIpc) is 2.47. The minimum atomic E-state index is -0.139. The number of aromatic nitrogens is 3. The molecule has 0 aliphatic heterocycles. The van der Waals surface area contributed by atoms with Crippen LogP contribution in [-0.2, 0) is 0 Å². The third-order valence-electron chi connectivity index (χ3n) is 2.88. The van der Waals surface area contributed by atoms with Gasteiger partial charge in [-0.1, -0.05) is 18.2 Å². The molecule has 0 saturated heterocycles. The maximum absolute atomic E-state index is 12.3. The molecule has 1 aromatic carbocycles. The molecule has 0 amide bonds. The van der Waals surface area contributed by atoms with Gasteiger partial charge >= 0.3 is 0 Å². The molecular formula is C15H11N3O. The fraction of sp³-hybridized carbons (Fsp3) is 0.0667. The zero-order chi connectivity index (χ0) is 13.2. The molecule has 19 heavy (non-hydrogen) atoms. The van der Waals surface area contributed by atoms with Crippen LogP contribution in [0.4, 0.5) is 0 Å². The topological polar surface area (TPSA) is 55.7 Å². The second kappa shape index (κ2) is 4.57. The maximum Gasteiger partial charge on any atom is 0.213 e. The standard InChI is InChI=1S/C15H11N3O/c1-10-8-18-14(9-17-10)15(19)12-5-4-11-3-2-6-16-13(11)7-12/h2-9H,1H3. The Labute approximate surface area is 110 Å². The van der Waals surface area contributed by atoms with Gasteiger partial charge in [-0.25, -0.2) is 4.98 Å². The predicted molar refractivity (Wildman–Crippen MR) is 71.9 cm³/mol. The van der Waals surface area contributed by atoms with Gasteiger partial charge in [-0.05, 0) is 19.1 Å². The number of rotatable bonds is 2. The molecule has 2 aromatic heterocycles. The third kappa shape index (κ3) is 2.20. The molecule has 0 aliphatic carbocycles. The van der Waals surface area contributed by atoms with Crippen molar-refractivity contribution in [2.75, 3.05) is 0 Å². The third-order valence-corrected chi connectivity index (χ3v) is 2.88. The molecule has 0 spiro atoms. The number of carbonyl (C=O) groups is 1. The SMILES string of the molecule is Cc1cnc(C(=O)c2ccc3cccnc3c2)cn1. The molecule has 0 fully saturated rings. The van der Waals surface area contributed by atoms with Crippen LogP contribution in [0.5, 0.6) is 0 Å². The van der Waals surface area contributed by atoms with Crippen LogP contribution < -0.4 is 0 Å². The van der Waals surface area contributed by atoms with E-state index in [0.29, 0.717) is 11.3 Å². The summed E-state index contributed by atoms with van der Waals surface area (Å²) in [6, 6.07) is 9.28. The number of fused-ring (bicyclic) bond motifs is 1. The van der Waals surface area contributed by atoms with Crippen LogP contribution in [0.2, 0.25) is 0 Å². The lowest BCUT2D eigenvalue weighted by molar-refractivity contribution is 0.103. The molecule has 0 saturated carbocycles. The number of nitrogens with zero attached hydrogens (tertiary/aromatic N) is 3. The molecule has 0 N–H and O–H groups in total. The largest absolute Gasteiger partial charge is 0.287 e. The highest BCUT2D eigenvalue weighted by molar-refractivity contribution is 6.09. The molecule has 3 rings (SSSR count). The first-order chi connectivity index (χ1) is 9.24. The Balaban J connectivity index is 2.04. The maximum atomic E-state index is 12.3. The molecule has 4 heteroatoms.